The Bertz CT molecular complexity index is 837. The minimum atomic E-state index is -3.45. The van der Waals surface area contributed by atoms with E-state index in [2.05, 4.69) is 13.0 Å². The van der Waals surface area contributed by atoms with Crippen molar-refractivity contribution in [2.24, 2.45) is 5.92 Å². The van der Waals surface area contributed by atoms with Crippen molar-refractivity contribution in [2.45, 2.75) is 64.3 Å². The van der Waals surface area contributed by atoms with E-state index in [9.17, 15) is 13.2 Å². The Morgan fingerprint density at radius 1 is 1.10 bits per heavy atom. The van der Waals surface area contributed by atoms with E-state index < -0.39 is 10.2 Å². The van der Waals surface area contributed by atoms with Crippen LogP contribution in [-0.4, -0.2) is 67.1 Å². The van der Waals surface area contributed by atoms with Gasteiger partial charge in [-0.05, 0) is 49.7 Å². The molecule has 2 fully saturated rings. The molecule has 8 heteroatoms. The molecule has 0 bridgehead atoms. The fourth-order valence-corrected chi connectivity index (χ4v) is 7.66. The maximum absolute atomic E-state index is 13.0. The SMILES string of the molecule is CC1CCc2sc(C(=O)N3CCN(S(=O)(=O)N(C)C4CCCCC4)CC3)cc2C1. The van der Waals surface area contributed by atoms with Crippen molar-refractivity contribution in [1.29, 1.82) is 0 Å². The fraction of sp³-hybridized carbons (Fsp3) is 0.762. The van der Waals surface area contributed by atoms with Gasteiger partial charge in [0.05, 0.1) is 4.88 Å². The number of thiophene rings is 1. The van der Waals surface area contributed by atoms with Gasteiger partial charge in [0.1, 0.15) is 0 Å². The average molecular weight is 440 g/mol. The molecular formula is C21H33N3O3S2. The molecule has 3 aliphatic rings. The average Bonchev–Trinajstić information content (AvgIpc) is 3.16. The highest BCUT2D eigenvalue weighted by atomic mass is 32.2. The van der Waals surface area contributed by atoms with Crippen LogP contribution in [0, 0.1) is 5.92 Å². The monoisotopic (exact) mass is 439 g/mol. The summed E-state index contributed by atoms with van der Waals surface area (Å²) in [6.07, 6.45) is 8.67. The lowest BCUT2D eigenvalue weighted by molar-refractivity contribution is 0.0697. The summed E-state index contributed by atoms with van der Waals surface area (Å²) in [5, 5.41) is 0. The number of rotatable bonds is 4. The van der Waals surface area contributed by atoms with Crippen LogP contribution < -0.4 is 0 Å². The smallest absolute Gasteiger partial charge is 0.282 e. The number of hydrogen-bond donors (Lipinski definition) is 0. The van der Waals surface area contributed by atoms with E-state index in [1.165, 1.54) is 23.3 Å². The second kappa shape index (κ2) is 8.65. The van der Waals surface area contributed by atoms with Gasteiger partial charge < -0.3 is 4.90 Å². The molecule has 1 saturated heterocycles. The van der Waals surface area contributed by atoms with Crippen LogP contribution >= 0.6 is 11.3 Å². The number of carbonyl (C=O) groups excluding carboxylic acids is 1. The number of aryl methyl sites for hydroxylation is 1. The van der Waals surface area contributed by atoms with Crippen molar-refractivity contribution in [3.8, 4) is 0 Å². The van der Waals surface area contributed by atoms with Gasteiger partial charge in [-0.15, -0.1) is 11.3 Å². The van der Waals surface area contributed by atoms with Crippen molar-refractivity contribution in [2.75, 3.05) is 33.2 Å². The van der Waals surface area contributed by atoms with Gasteiger partial charge in [0.2, 0.25) is 0 Å². The van der Waals surface area contributed by atoms with Crippen LogP contribution in [0.4, 0.5) is 0 Å². The zero-order valence-corrected chi connectivity index (χ0v) is 19.2. The molecule has 1 atom stereocenters. The maximum atomic E-state index is 13.0. The molecule has 1 saturated carbocycles. The molecule has 29 heavy (non-hydrogen) atoms. The lowest BCUT2D eigenvalue weighted by Gasteiger charge is -2.38. The number of amides is 1. The lowest BCUT2D eigenvalue weighted by atomic mass is 9.90. The summed E-state index contributed by atoms with van der Waals surface area (Å²) in [4.78, 5) is 17.0. The topological polar surface area (TPSA) is 60.9 Å². The molecule has 0 aromatic carbocycles. The minimum Gasteiger partial charge on any atom is -0.335 e. The van der Waals surface area contributed by atoms with Crippen molar-refractivity contribution in [1.82, 2.24) is 13.5 Å². The molecular weight excluding hydrogens is 406 g/mol. The third kappa shape index (κ3) is 4.40. The van der Waals surface area contributed by atoms with Gasteiger partial charge in [0.25, 0.3) is 16.1 Å². The summed E-state index contributed by atoms with van der Waals surface area (Å²) >= 11 is 1.64. The van der Waals surface area contributed by atoms with Gasteiger partial charge >= 0.3 is 0 Å². The molecule has 2 aliphatic carbocycles. The standard InChI is InChI=1S/C21H33N3O3S2/c1-16-8-9-19-17(14-16)15-20(28-19)21(25)23-10-12-24(13-11-23)29(26,27)22(2)18-6-4-3-5-7-18/h15-16,18H,3-14H2,1-2H3. The molecule has 1 aromatic rings. The summed E-state index contributed by atoms with van der Waals surface area (Å²) in [7, 11) is -1.73. The predicted octanol–water partition coefficient (Wildman–Crippen LogP) is 3.14. The molecule has 0 spiro atoms. The van der Waals surface area contributed by atoms with E-state index in [1.807, 2.05) is 4.90 Å². The number of nitrogens with zero attached hydrogens (tertiary/aromatic N) is 3. The maximum Gasteiger partial charge on any atom is 0.282 e. The van der Waals surface area contributed by atoms with Crippen LogP contribution in [0.5, 0.6) is 0 Å². The normalized spacial score (nSPS) is 24.7. The lowest BCUT2D eigenvalue weighted by Crippen LogP contribution is -2.55. The van der Waals surface area contributed by atoms with Crippen LogP contribution in [0.2, 0.25) is 0 Å². The van der Waals surface area contributed by atoms with E-state index in [0.29, 0.717) is 32.1 Å². The van der Waals surface area contributed by atoms with Crippen LogP contribution in [-0.2, 0) is 23.1 Å². The van der Waals surface area contributed by atoms with Crippen LogP contribution in [0.1, 0.15) is 65.6 Å². The molecule has 1 aromatic heterocycles. The van der Waals surface area contributed by atoms with Crippen molar-refractivity contribution >= 4 is 27.5 Å². The summed E-state index contributed by atoms with van der Waals surface area (Å²) < 4.78 is 29.2. The quantitative estimate of drug-likeness (QED) is 0.724. The molecule has 162 valence electrons. The second-order valence-corrected chi connectivity index (χ2v) is 12.0. The number of fused-ring (bicyclic) bond motifs is 1. The summed E-state index contributed by atoms with van der Waals surface area (Å²) in [6, 6.07) is 2.20. The van der Waals surface area contributed by atoms with Gasteiger partial charge in [-0.1, -0.05) is 26.2 Å². The Kier molecular flexibility index (Phi) is 6.35. The first-order valence-electron chi connectivity index (χ1n) is 11.0. The predicted molar refractivity (Wildman–Crippen MR) is 117 cm³/mol. The zero-order chi connectivity index (χ0) is 20.6. The first-order chi connectivity index (χ1) is 13.9. The van der Waals surface area contributed by atoms with E-state index in [0.717, 1.165) is 43.4 Å². The van der Waals surface area contributed by atoms with Crippen LogP contribution in [0.15, 0.2) is 6.07 Å². The van der Waals surface area contributed by atoms with Crippen LogP contribution in [0.3, 0.4) is 0 Å². The molecule has 1 unspecified atom stereocenters. The molecule has 1 aliphatic heterocycles. The number of piperazine rings is 1. The Balaban J connectivity index is 1.37. The van der Waals surface area contributed by atoms with E-state index in [4.69, 9.17) is 0 Å². The number of hydrogen-bond acceptors (Lipinski definition) is 4. The van der Waals surface area contributed by atoms with Gasteiger partial charge in [-0.2, -0.15) is 17.0 Å². The largest absolute Gasteiger partial charge is 0.335 e. The van der Waals surface area contributed by atoms with Crippen molar-refractivity contribution < 1.29 is 13.2 Å². The van der Waals surface area contributed by atoms with Crippen molar-refractivity contribution in [3.05, 3.63) is 21.4 Å². The highest BCUT2D eigenvalue weighted by Gasteiger charge is 2.36. The highest BCUT2D eigenvalue weighted by Crippen LogP contribution is 2.33. The minimum absolute atomic E-state index is 0.0646. The van der Waals surface area contributed by atoms with Crippen LogP contribution in [0.25, 0.3) is 0 Å². The summed E-state index contributed by atoms with van der Waals surface area (Å²) in [5.41, 5.74) is 1.34. The summed E-state index contributed by atoms with van der Waals surface area (Å²) in [5.74, 6) is 0.754. The molecule has 6 nitrogen and oxygen atoms in total. The Labute approximate surface area is 179 Å². The van der Waals surface area contributed by atoms with Gasteiger partial charge in [-0.25, -0.2) is 0 Å². The third-order valence-corrected chi connectivity index (χ3v) is 10.1. The van der Waals surface area contributed by atoms with E-state index >= 15 is 0 Å². The Hall–Kier alpha value is -0.960. The molecule has 1 amide bonds. The fourth-order valence-electron chi connectivity index (χ4n) is 4.90. The Morgan fingerprint density at radius 3 is 2.48 bits per heavy atom. The molecule has 2 heterocycles. The first-order valence-corrected chi connectivity index (χ1v) is 13.2. The summed E-state index contributed by atoms with van der Waals surface area (Å²) in [6.45, 7) is 3.97. The molecule has 0 radical (unpaired) electrons. The highest BCUT2D eigenvalue weighted by molar-refractivity contribution is 7.86. The number of carbonyl (C=O) groups is 1. The van der Waals surface area contributed by atoms with Gasteiger partial charge in [-0.3, -0.25) is 4.79 Å². The van der Waals surface area contributed by atoms with Gasteiger partial charge in [0, 0.05) is 44.1 Å². The second-order valence-electron chi connectivity index (χ2n) is 8.91. The Morgan fingerprint density at radius 2 is 1.79 bits per heavy atom. The third-order valence-electron chi connectivity index (χ3n) is 6.84. The molecule has 4 rings (SSSR count). The molecule has 0 N–H and O–H groups in total. The first kappa shape index (κ1) is 21.3. The van der Waals surface area contributed by atoms with E-state index in [-0.39, 0.29) is 11.9 Å². The van der Waals surface area contributed by atoms with Crippen molar-refractivity contribution in [3.63, 3.8) is 0 Å². The van der Waals surface area contributed by atoms with E-state index in [1.54, 1.807) is 27.0 Å². The van der Waals surface area contributed by atoms with Gasteiger partial charge in [0.15, 0.2) is 0 Å². The zero-order valence-electron chi connectivity index (χ0n) is 17.6.